The van der Waals surface area contributed by atoms with E-state index in [-0.39, 0.29) is 5.56 Å². The second-order valence-electron chi connectivity index (χ2n) is 7.85. The topological polar surface area (TPSA) is 75.1 Å². The lowest BCUT2D eigenvalue weighted by Gasteiger charge is -2.17. The molecule has 0 spiro atoms. The van der Waals surface area contributed by atoms with Gasteiger partial charge in [-0.15, -0.1) is 0 Å². The van der Waals surface area contributed by atoms with Gasteiger partial charge in [0, 0.05) is 49.5 Å². The van der Waals surface area contributed by atoms with Crippen molar-refractivity contribution in [1.82, 2.24) is 19.9 Å². The van der Waals surface area contributed by atoms with Crippen LogP contribution in [0.2, 0.25) is 5.02 Å². The minimum atomic E-state index is 0.0196. The summed E-state index contributed by atoms with van der Waals surface area (Å²) in [5.41, 5.74) is 3.42. The summed E-state index contributed by atoms with van der Waals surface area (Å²) >= 11 is 6.36. The van der Waals surface area contributed by atoms with Gasteiger partial charge in [0.25, 0.3) is 5.56 Å². The molecule has 0 radical (unpaired) electrons. The van der Waals surface area contributed by atoms with Crippen molar-refractivity contribution < 1.29 is 0 Å². The molecule has 0 saturated carbocycles. The van der Waals surface area contributed by atoms with E-state index in [1.54, 1.807) is 17.8 Å². The highest BCUT2D eigenvalue weighted by Gasteiger charge is 2.17. The van der Waals surface area contributed by atoms with Gasteiger partial charge in [-0.25, -0.2) is 4.98 Å². The van der Waals surface area contributed by atoms with Crippen LogP contribution in [-0.4, -0.2) is 34.7 Å². The number of hydrogen-bond donors (Lipinski definition) is 2. The van der Waals surface area contributed by atoms with Gasteiger partial charge in [-0.05, 0) is 49.9 Å². The molecule has 1 aliphatic rings. The predicted molar refractivity (Wildman–Crippen MR) is 127 cm³/mol. The largest absolute Gasteiger partial charge is 0.392 e. The Labute approximate surface area is 186 Å². The van der Waals surface area contributed by atoms with Gasteiger partial charge in [-0.1, -0.05) is 18.2 Å². The molecule has 0 atom stereocenters. The van der Waals surface area contributed by atoms with Gasteiger partial charge in [0.05, 0.1) is 11.7 Å². The van der Waals surface area contributed by atoms with Crippen LogP contribution in [0.15, 0.2) is 47.5 Å². The van der Waals surface area contributed by atoms with Crippen LogP contribution in [0.1, 0.15) is 24.8 Å². The summed E-state index contributed by atoms with van der Waals surface area (Å²) in [6.45, 7) is 5.88. The van der Waals surface area contributed by atoms with Gasteiger partial charge in [-0.3, -0.25) is 4.79 Å². The molecule has 31 heavy (non-hydrogen) atoms. The minimum absolute atomic E-state index is 0.0196. The Kier molecular flexibility index (Phi) is 6.13. The lowest BCUT2D eigenvalue weighted by atomic mass is 10.1. The lowest BCUT2D eigenvalue weighted by molar-refractivity contribution is 0.811. The van der Waals surface area contributed by atoms with Gasteiger partial charge in [0.15, 0.2) is 5.82 Å². The Morgan fingerprint density at radius 3 is 2.77 bits per heavy atom. The van der Waals surface area contributed by atoms with E-state index in [0.717, 1.165) is 53.8 Å². The standard InChI is InChI=1S/C23H27ClN6O/c1-15(25-2)6-7-16-12-17-13-18(8-9-20(17)29(3)22(16)31)27-21-19(24)14-26-23(28-21)30-10-4-5-11-30/h8-9,12-14,25H,1,4-7,10-11H2,2-3H3,(H,26,27,28). The van der Waals surface area contributed by atoms with E-state index in [9.17, 15) is 4.79 Å². The van der Waals surface area contributed by atoms with E-state index in [1.807, 2.05) is 31.3 Å². The van der Waals surface area contributed by atoms with E-state index in [1.165, 1.54) is 0 Å². The highest BCUT2D eigenvalue weighted by Crippen LogP contribution is 2.28. The molecule has 1 aromatic carbocycles. The maximum absolute atomic E-state index is 12.7. The highest BCUT2D eigenvalue weighted by molar-refractivity contribution is 6.32. The molecule has 0 aliphatic carbocycles. The number of halogens is 1. The van der Waals surface area contributed by atoms with Crippen molar-refractivity contribution in [3.8, 4) is 0 Å². The van der Waals surface area contributed by atoms with Crippen molar-refractivity contribution >= 4 is 40.0 Å². The summed E-state index contributed by atoms with van der Waals surface area (Å²) in [4.78, 5) is 23.9. The molecular formula is C23H27ClN6O. The highest BCUT2D eigenvalue weighted by atomic mass is 35.5. The summed E-state index contributed by atoms with van der Waals surface area (Å²) in [5, 5.41) is 7.79. The number of anilines is 3. The molecule has 1 aliphatic heterocycles. The van der Waals surface area contributed by atoms with Crippen LogP contribution in [0.25, 0.3) is 10.9 Å². The monoisotopic (exact) mass is 438 g/mol. The molecule has 1 fully saturated rings. The number of benzene rings is 1. The van der Waals surface area contributed by atoms with Crippen molar-refractivity contribution in [2.24, 2.45) is 7.05 Å². The first-order chi connectivity index (χ1) is 15.0. The number of fused-ring (bicyclic) bond motifs is 1. The molecule has 4 rings (SSSR count). The average Bonchev–Trinajstić information content (AvgIpc) is 3.31. The van der Waals surface area contributed by atoms with Gasteiger partial charge >= 0.3 is 0 Å². The summed E-state index contributed by atoms with van der Waals surface area (Å²) in [6.07, 6.45) is 5.30. The fourth-order valence-corrected chi connectivity index (χ4v) is 4.01. The first kappa shape index (κ1) is 21.2. The molecule has 0 amide bonds. The molecule has 162 valence electrons. The number of hydrogen-bond acceptors (Lipinski definition) is 6. The fraction of sp³-hybridized carbons (Fsp3) is 0.348. The van der Waals surface area contributed by atoms with Crippen LogP contribution in [0.5, 0.6) is 0 Å². The maximum Gasteiger partial charge on any atom is 0.253 e. The SMILES string of the molecule is C=C(CCc1cc2cc(Nc3nc(N4CCCC4)ncc3Cl)ccc2n(C)c1=O)NC. The number of rotatable bonds is 7. The van der Waals surface area contributed by atoms with Crippen LogP contribution < -0.4 is 21.1 Å². The zero-order valence-electron chi connectivity index (χ0n) is 17.9. The summed E-state index contributed by atoms with van der Waals surface area (Å²) in [7, 11) is 3.64. The summed E-state index contributed by atoms with van der Waals surface area (Å²) in [6, 6.07) is 7.84. The van der Waals surface area contributed by atoms with Crippen LogP contribution in [-0.2, 0) is 13.5 Å². The van der Waals surface area contributed by atoms with Crippen LogP contribution in [0, 0.1) is 0 Å². The Morgan fingerprint density at radius 1 is 1.26 bits per heavy atom. The van der Waals surface area contributed by atoms with Gasteiger partial charge in [0.2, 0.25) is 5.95 Å². The molecule has 2 aromatic heterocycles. The van der Waals surface area contributed by atoms with Crippen molar-refractivity contribution in [1.29, 1.82) is 0 Å². The third-order valence-electron chi connectivity index (χ3n) is 5.73. The first-order valence-corrected chi connectivity index (χ1v) is 10.9. The molecular weight excluding hydrogens is 412 g/mol. The number of nitrogens with zero attached hydrogens (tertiary/aromatic N) is 4. The van der Waals surface area contributed by atoms with Crippen molar-refractivity contribution in [2.75, 3.05) is 30.4 Å². The first-order valence-electron chi connectivity index (χ1n) is 10.5. The second-order valence-corrected chi connectivity index (χ2v) is 8.25. The molecule has 3 aromatic rings. The summed E-state index contributed by atoms with van der Waals surface area (Å²) < 4.78 is 1.69. The van der Waals surface area contributed by atoms with Crippen LogP contribution >= 0.6 is 11.6 Å². The van der Waals surface area contributed by atoms with E-state index in [2.05, 4.69) is 32.1 Å². The summed E-state index contributed by atoms with van der Waals surface area (Å²) in [5.74, 6) is 1.27. The number of nitrogens with one attached hydrogen (secondary N) is 2. The lowest BCUT2D eigenvalue weighted by Crippen LogP contribution is -2.22. The Hall–Kier alpha value is -3.06. The molecule has 3 heterocycles. The second kappa shape index (κ2) is 8.98. The normalized spacial score (nSPS) is 13.6. The molecule has 7 nitrogen and oxygen atoms in total. The minimum Gasteiger partial charge on any atom is -0.392 e. The van der Waals surface area contributed by atoms with Gasteiger partial charge in [0.1, 0.15) is 5.02 Å². The van der Waals surface area contributed by atoms with Crippen molar-refractivity contribution in [3.05, 3.63) is 63.7 Å². The van der Waals surface area contributed by atoms with E-state index in [4.69, 9.17) is 11.6 Å². The number of pyridine rings is 1. The Balaban J connectivity index is 1.64. The zero-order chi connectivity index (χ0) is 22.0. The van der Waals surface area contributed by atoms with Gasteiger partial charge in [-0.2, -0.15) is 4.98 Å². The Bertz CT molecular complexity index is 1180. The number of aryl methyl sites for hydroxylation is 2. The molecule has 8 heteroatoms. The Morgan fingerprint density at radius 2 is 2.03 bits per heavy atom. The van der Waals surface area contributed by atoms with Crippen LogP contribution in [0.4, 0.5) is 17.5 Å². The number of allylic oxidation sites excluding steroid dienone is 1. The third kappa shape index (κ3) is 4.51. The molecule has 1 saturated heterocycles. The average molecular weight is 439 g/mol. The van der Waals surface area contributed by atoms with Crippen LogP contribution in [0.3, 0.4) is 0 Å². The van der Waals surface area contributed by atoms with E-state index in [0.29, 0.717) is 29.6 Å². The molecule has 2 N–H and O–H groups in total. The smallest absolute Gasteiger partial charge is 0.253 e. The van der Waals surface area contributed by atoms with Crippen molar-refractivity contribution in [2.45, 2.75) is 25.7 Å². The predicted octanol–water partition coefficient (Wildman–Crippen LogP) is 3.99. The van der Waals surface area contributed by atoms with E-state index >= 15 is 0 Å². The molecule has 0 bridgehead atoms. The van der Waals surface area contributed by atoms with E-state index < -0.39 is 0 Å². The molecule has 0 unspecified atom stereocenters. The fourth-order valence-electron chi connectivity index (χ4n) is 3.87. The van der Waals surface area contributed by atoms with Crippen molar-refractivity contribution in [3.63, 3.8) is 0 Å². The number of aromatic nitrogens is 3. The van der Waals surface area contributed by atoms with Gasteiger partial charge < -0.3 is 20.1 Å². The third-order valence-corrected chi connectivity index (χ3v) is 6.01. The quantitative estimate of drug-likeness (QED) is 0.581. The maximum atomic E-state index is 12.7. The zero-order valence-corrected chi connectivity index (χ0v) is 18.7.